The summed E-state index contributed by atoms with van der Waals surface area (Å²) in [6.45, 7) is 3.32. The number of rotatable bonds is 10. The number of hydrogen-bond acceptors (Lipinski definition) is 5. The van der Waals surface area contributed by atoms with Crippen LogP contribution < -0.4 is 27.8 Å². The van der Waals surface area contributed by atoms with Gasteiger partial charge in [-0.1, -0.05) is 20.3 Å². The number of carbonyl (C=O) groups is 4. The molecule has 0 heterocycles. The summed E-state index contributed by atoms with van der Waals surface area (Å²) in [4.78, 5) is 45.8. The first-order valence-corrected chi connectivity index (χ1v) is 7.10. The third-order valence-electron chi connectivity index (χ3n) is 3.33. The Labute approximate surface area is 129 Å². The highest BCUT2D eigenvalue weighted by Gasteiger charge is 2.28. The average molecular weight is 315 g/mol. The third kappa shape index (κ3) is 7.02. The van der Waals surface area contributed by atoms with Gasteiger partial charge >= 0.3 is 0 Å². The summed E-state index contributed by atoms with van der Waals surface area (Å²) in [6.07, 6.45) is 0.557. The van der Waals surface area contributed by atoms with Crippen molar-refractivity contribution in [1.29, 1.82) is 0 Å². The van der Waals surface area contributed by atoms with Gasteiger partial charge in [0.1, 0.15) is 12.1 Å². The maximum atomic E-state index is 12.2. The molecule has 0 rings (SSSR count). The summed E-state index contributed by atoms with van der Waals surface area (Å²) in [5.41, 5.74) is 15.5. The molecule has 0 fully saturated rings. The lowest BCUT2D eigenvalue weighted by Gasteiger charge is -2.24. The molecular weight excluding hydrogens is 290 g/mol. The summed E-state index contributed by atoms with van der Waals surface area (Å²) in [5, 5.41) is 4.89. The molecule has 9 nitrogen and oxygen atoms in total. The van der Waals surface area contributed by atoms with E-state index in [4.69, 9.17) is 17.2 Å². The Morgan fingerprint density at radius 3 is 2.09 bits per heavy atom. The molecule has 0 spiro atoms. The van der Waals surface area contributed by atoms with Gasteiger partial charge in [-0.3, -0.25) is 19.2 Å². The smallest absolute Gasteiger partial charge is 0.243 e. The van der Waals surface area contributed by atoms with Crippen molar-refractivity contribution in [2.45, 2.75) is 45.2 Å². The van der Waals surface area contributed by atoms with Crippen LogP contribution >= 0.6 is 0 Å². The molecule has 0 aromatic carbocycles. The van der Waals surface area contributed by atoms with Gasteiger partial charge in [-0.15, -0.1) is 0 Å². The fraction of sp³-hybridized carbons (Fsp3) is 0.692. The van der Waals surface area contributed by atoms with Crippen LogP contribution in [-0.2, 0) is 19.2 Å². The van der Waals surface area contributed by atoms with E-state index in [2.05, 4.69) is 10.6 Å². The number of primary amides is 2. The van der Waals surface area contributed by atoms with Crippen molar-refractivity contribution in [3.63, 3.8) is 0 Å². The number of nitrogens with one attached hydrogen (secondary N) is 2. The second kappa shape index (κ2) is 9.72. The van der Waals surface area contributed by atoms with Crippen molar-refractivity contribution in [3.8, 4) is 0 Å². The monoisotopic (exact) mass is 315 g/mol. The summed E-state index contributed by atoms with van der Waals surface area (Å²) < 4.78 is 0. The van der Waals surface area contributed by atoms with Gasteiger partial charge in [-0.05, 0) is 12.3 Å². The SMILES string of the molecule is CC[C@H](C)[C@H](NC(=O)[C@H](CCC(N)=O)NC(=O)CN)C(N)=O. The topological polar surface area (TPSA) is 170 Å². The van der Waals surface area contributed by atoms with Gasteiger partial charge in [-0.25, -0.2) is 0 Å². The van der Waals surface area contributed by atoms with Crippen molar-refractivity contribution < 1.29 is 19.2 Å². The van der Waals surface area contributed by atoms with Crippen molar-refractivity contribution in [2.24, 2.45) is 23.1 Å². The maximum absolute atomic E-state index is 12.2. The van der Waals surface area contributed by atoms with Gasteiger partial charge in [0, 0.05) is 6.42 Å². The minimum absolute atomic E-state index is 0.0128. The van der Waals surface area contributed by atoms with Crippen LogP contribution in [0.5, 0.6) is 0 Å². The van der Waals surface area contributed by atoms with E-state index < -0.39 is 35.7 Å². The molecule has 126 valence electrons. The van der Waals surface area contributed by atoms with E-state index in [-0.39, 0.29) is 25.3 Å². The molecule has 8 N–H and O–H groups in total. The normalized spacial score (nSPS) is 14.5. The lowest BCUT2D eigenvalue weighted by atomic mass is 9.98. The molecule has 0 aliphatic heterocycles. The highest BCUT2D eigenvalue weighted by atomic mass is 16.2. The van der Waals surface area contributed by atoms with E-state index in [1.165, 1.54) is 0 Å². The number of amides is 4. The third-order valence-corrected chi connectivity index (χ3v) is 3.33. The Morgan fingerprint density at radius 1 is 1.09 bits per heavy atom. The van der Waals surface area contributed by atoms with Crippen LogP contribution in [-0.4, -0.2) is 42.3 Å². The van der Waals surface area contributed by atoms with Crippen molar-refractivity contribution in [1.82, 2.24) is 10.6 Å². The van der Waals surface area contributed by atoms with E-state index in [1.54, 1.807) is 6.92 Å². The van der Waals surface area contributed by atoms with Gasteiger partial charge in [0.25, 0.3) is 0 Å². The number of hydrogen-bond donors (Lipinski definition) is 5. The first-order valence-electron chi connectivity index (χ1n) is 7.10. The standard InChI is InChI=1S/C13H25N5O4/c1-3-7(2)11(12(16)21)18-13(22)8(4-5-9(15)19)17-10(20)6-14/h7-8,11H,3-6,14H2,1-2H3,(H2,15,19)(H2,16,21)(H,17,20)(H,18,22)/t7-,8-,11-/m0/s1. The molecule has 0 bridgehead atoms. The zero-order valence-electron chi connectivity index (χ0n) is 12.9. The molecular formula is C13H25N5O4. The lowest BCUT2D eigenvalue weighted by Crippen LogP contribution is -2.55. The molecule has 0 radical (unpaired) electrons. The molecule has 0 aromatic rings. The highest BCUT2D eigenvalue weighted by molar-refractivity contribution is 5.92. The van der Waals surface area contributed by atoms with Crippen molar-refractivity contribution >= 4 is 23.6 Å². The number of nitrogens with two attached hydrogens (primary N) is 3. The lowest BCUT2D eigenvalue weighted by molar-refractivity contribution is -0.132. The van der Waals surface area contributed by atoms with Gasteiger partial charge < -0.3 is 27.8 Å². The molecule has 22 heavy (non-hydrogen) atoms. The van der Waals surface area contributed by atoms with Gasteiger partial charge in [-0.2, -0.15) is 0 Å². The van der Waals surface area contributed by atoms with E-state index >= 15 is 0 Å². The first-order chi connectivity index (χ1) is 10.2. The summed E-state index contributed by atoms with van der Waals surface area (Å²) >= 11 is 0. The Balaban J connectivity index is 4.94. The fourth-order valence-corrected chi connectivity index (χ4v) is 1.79. The van der Waals surface area contributed by atoms with Gasteiger partial charge in [0.15, 0.2) is 0 Å². The minimum atomic E-state index is -1.01. The minimum Gasteiger partial charge on any atom is -0.370 e. The van der Waals surface area contributed by atoms with E-state index in [9.17, 15) is 19.2 Å². The first kappa shape index (κ1) is 19.8. The zero-order valence-corrected chi connectivity index (χ0v) is 12.9. The van der Waals surface area contributed by atoms with Crippen LogP contribution in [0.3, 0.4) is 0 Å². The predicted molar refractivity (Wildman–Crippen MR) is 80.0 cm³/mol. The summed E-state index contributed by atoms with van der Waals surface area (Å²) in [7, 11) is 0. The molecule has 9 heteroatoms. The summed E-state index contributed by atoms with van der Waals surface area (Å²) in [5.74, 6) is -2.59. The maximum Gasteiger partial charge on any atom is 0.243 e. The van der Waals surface area contributed by atoms with Crippen LogP contribution in [0.1, 0.15) is 33.1 Å². The average Bonchev–Trinajstić information content (AvgIpc) is 2.46. The molecule has 4 amide bonds. The van der Waals surface area contributed by atoms with E-state index in [0.717, 1.165) is 0 Å². The Kier molecular flexibility index (Phi) is 8.76. The second-order valence-corrected chi connectivity index (χ2v) is 5.10. The number of carbonyl (C=O) groups excluding carboxylic acids is 4. The Hall–Kier alpha value is -2.16. The van der Waals surface area contributed by atoms with E-state index in [0.29, 0.717) is 6.42 Å². The van der Waals surface area contributed by atoms with Crippen LogP contribution in [0.25, 0.3) is 0 Å². The van der Waals surface area contributed by atoms with E-state index in [1.807, 2.05) is 6.92 Å². The molecule has 0 aliphatic rings. The molecule has 3 atom stereocenters. The molecule has 0 saturated carbocycles. The van der Waals surface area contributed by atoms with Crippen LogP contribution in [0, 0.1) is 5.92 Å². The summed E-state index contributed by atoms with van der Waals surface area (Å²) in [6, 6.07) is -1.86. The van der Waals surface area contributed by atoms with Crippen LogP contribution in [0.2, 0.25) is 0 Å². The molecule has 0 saturated heterocycles. The van der Waals surface area contributed by atoms with Crippen molar-refractivity contribution in [3.05, 3.63) is 0 Å². The molecule has 0 aliphatic carbocycles. The van der Waals surface area contributed by atoms with Crippen molar-refractivity contribution in [2.75, 3.05) is 6.54 Å². The van der Waals surface area contributed by atoms with Gasteiger partial charge in [0.2, 0.25) is 23.6 Å². The largest absolute Gasteiger partial charge is 0.370 e. The Morgan fingerprint density at radius 2 is 1.68 bits per heavy atom. The highest BCUT2D eigenvalue weighted by Crippen LogP contribution is 2.08. The zero-order chi connectivity index (χ0) is 17.3. The molecule has 0 unspecified atom stereocenters. The predicted octanol–water partition coefficient (Wildman–Crippen LogP) is -2.29. The molecule has 0 aromatic heterocycles. The second-order valence-electron chi connectivity index (χ2n) is 5.10. The fourth-order valence-electron chi connectivity index (χ4n) is 1.79. The van der Waals surface area contributed by atoms with Gasteiger partial charge in [0.05, 0.1) is 6.54 Å². The van der Waals surface area contributed by atoms with Crippen LogP contribution in [0.15, 0.2) is 0 Å². The van der Waals surface area contributed by atoms with Crippen LogP contribution in [0.4, 0.5) is 0 Å². The Bertz CT molecular complexity index is 427. The quantitative estimate of drug-likeness (QED) is 0.305.